The standard InChI is InChI=1S/C21H21BrFN3O4/c1-30-15-5-2-13(3-6-15)10-11-26-20(28)18(25-21(26)29)8-9-19(27)24-17-7-4-14(22)12-16(17)23/h2-7,12,18H,8-11H2,1H3,(H,24,27)(H,25,29)/t18-/m1/s1. The molecule has 0 saturated carbocycles. The van der Waals surface area contributed by atoms with Gasteiger partial charge in [-0.15, -0.1) is 0 Å². The zero-order valence-corrected chi connectivity index (χ0v) is 17.9. The van der Waals surface area contributed by atoms with Gasteiger partial charge < -0.3 is 15.4 Å². The molecule has 0 aromatic heterocycles. The molecule has 1 atom stereocenters. The molecule has 1 heterocycles. The minimum absolute atomic E-state index is 0.0293. The molecule has 0 radical (unpaired) electrons. The first kappa shape index (κ1) is 21.8. The summed E-state index contributed by atoms with van der Waals surface area (Å²) in [6.45, 7) is 0.240. The normalized spacial score (nSPS) is 15.8. The molecule has 4 amide bonds. The highest BCUT2D eigenvalue weighted by molar-refractivity contribution is 9.10. The van der Waals surface area contributed by atoms with E-state index in [1.165, 1.54) is 12.1 Å². The van der Waals surface area contributed by atoms with Gasteiger partial charge in [-0.3, -0.25) is 14.5 Å². The molecule has 0 unspecified atom stereocenters. The van der Waals surface area contributed by atoms with Crippen LogP contribution in [0.15, 0.2) is 46.9 Å². The van der Waals surface area contributed by atoms with Crippen molar-refractivity contribution in [2.45, 2.75) is 25.3 Å². The van der Waals surface area contributed by atoms with E-state index in [2.05, 4.69) is 26.6 Å². The molecule has 30 heavy (non-hydrogen) atoms. The first-order valence-electron chi connectivity index (χ1n) is 9.37. The molecule has 2 aromatic rings. The van der Waals surface area contributed by atoms with Crippen LogP contribution >= 0.6 is 15.9 Å². The van der Waals surface area contributed by atoms with E-state index in [1.807, 2.05) is 24.3 Å². The number of nitrogens with one attached hydrogen (secondary N) is 2. The van der Waals surface area contributed by atoms with Gasteiger partial charge in [0.15, 0.2) is 0 Å². The molecule has 158 valence electrons. The average Bonchev–Trinajstić information content (AvgIpc) is 3.00. The minimum atomic E-state index is -0.770. The number of amides is 4. The van der Waals surface area contributed by atoms with E-state index in [9.17, 15) is 18.8 Å². The molecular formula is C21H21BrFN3O4. The molecule has 1 saturated heterocycles. The predicted molar refractivity (Wildman–Crippen MR) is 113 cm³/mol. The van der Waals surface area contributed by atoms with E-state index in [4.69, 9.17) is 4.74 Å². The van der Waals surface area contributed by atoms with Crippen molar-refractivity contribution < 1.29 is 23.5 Å². The maximum absolute atomic E-state index is 13.8. The van der Waals surface area contributed by atoms with Crippen LogP contribution in [0.4, 0.5) is 14.9 Å². The number of carbonyl (C=O) groups is 3. The minimum Gasteiger partial charge on any atom is -0.497 e. The molecule has 7 nitrogen and oxygen atoms in total. The monoisotopic (exact) mass is 477 g/mol. The molecular weight excluding hydrogens is 457 g/mol. The van der Waals surface area contributed by atoms with Gasteiger partial charge in [0.25, 0.3) is 5.91 Å². The Balaban J connectivity index is 1.49. The van der Waals surface area contributed by atoms with Crippen molar-refractivity contribution in [3.05, 3.63) is 58.3 Å². The van der Waals surface area contributed by atoms with Crippen LogP contribution in [0.1, 0.15) is 18.4 Å². The van der Waals surface area contributed by atoms with Crippen molar-refractivity contribution in [3.8, 4) is 5.75 Å². The van der Waals surface area contributed by atoms with Gasteiger partial charge >= 0.3 is 6.03 Å². The summed E-state index contributed by atoms with van der Waals surface area (Å²) in [5, 5.41) is 5.08. The van der Waals surface area contributed by atoms with Crippen LogP contribution in [0.3, 0.4) is 0 Å². The number of halogens is 2. The van der Waals surface area contributed by atoms with Crippen molar-refractivity contribution in [2.75, 3.05) is 19.0 Å². The second-order valence-corrected chi connectivity index (χ2v) is 7.72. The lowest BCUT2D eigenvalue weighted by Crippen LogP contribution is -2.33. The topological polar surface area (TPSA) is 87.7 Å². The first-order valence-corrected chi connectivity index (χ1v) is 10.2. The number of ether oxygens (including phenoxy) is 1. The molecule has 2 aromatic carbocycles. The average molecular weight is 478 g/mol. The van der Waals surface area contributed by atoms with E-state index in [0.717, 1.165) is 16.2 Å². The van der Waals surface area contributed by atoms with Crippen molar-refractivity contribution >= 4 is 39.5 Å². The lowest BCUT2D eigenvalue weighted by molar-refractivity contribution is -0.127. The Hall–Kier alpha value is -2.94. The van der Waals surface area contributed by atoms with Crippen LogP contribution in [0.5, 0.6) is 5.75 Å². The maximum atomic E-state index is 13.8. The van der Waals surface area contributed by atoms with Crippen LogP contribution in [-0.4, -0.2) is 42.4 Å². The quantitative estimate of drug-likeness (QED) is 0.569. The number of benzene rings is 2. The highest BCUT2D eigenvalue weighted by Gasteiger charge is 2.37. The highest BCUT2D eigenvalue weighted by atomic mass is 79.9. The van der Waals surface area contributed by atoms with Crippen LogP contribution in [0, 0.1) is 5.82 Å². The van der Waals surface area contributed by atoms with E-state index in [0.29, 0.717) is 10.9 Å². The zero-order chi connectivity index (χ0) is 21.7. The Morgan fingerprint density at radius 2 is 1.97 bits per heavy atom. The third kappa shape index (κ3) is 5.35. The van der Waals surface area contributed by atoms with Gasteiger partial charge in [0.05, 0.1) is 12.8 Å². The van der Waals surface area contributed by atoms with Crippen LogP contribution in [0.25, 0.3) is 0 Å². The van der Waals surface area contributed by atoms with E-state index in [-0.39, 0.29) is 31.0 Å². The molecule has 1 aliphatic heterocycles. The summed E-state index contributed by atoms with van der Waals surface area (Å²) in [6.07, 6.45) is 0.616. The Morgan fingerprint density at radius 1 is 1.23 bits per heavy atom. The van der Waals surface area contributed by atoms with E-state index >= 15 is 0 Å². The lowest BCUT2D eigenvalue weighted by Gasteiger charge is -2.13. The summed E-state index contributed by atoms with van der Waals surface area (Å²) in [4.78, 5) is 37.9. The zero-order valence-electron chi connectivity index (χ0n) is 16.3. The van der Waals surface area contributed by atoms with Gasteiger partial charge in [-0.1, -0.05) is 28.1 Å². The third-order valence-corrected chi connectivity index (χ3v) is 5.25. The number of methoxy groups -OCH3 is 1. The number of imide groups is 1. The number of carbonyl (C=O) groups excluding carboxylic acids is 3. The second kappa shape index (κ2) is 9.71. The fourth-order valence-electron chi connectivity index (χ4n) is 3.10. The third-order valence-electron chi connectivity index (χ3n) is 4.76. The summed E-state index contributed by atoms with van der Waals surface area (Å²) in [7, 11) is 1.58. The summed E-state index contributed by atoms with van der Waals surface area (Å²) in [5.74, 6) is -0.631. The van der Waals surface area contributed by atoms with Crippen molar-refractivity contribution in [1.29, 1.82) is 0 Å². The van der Waals surface area contributed by atoms with Gasteiger partial charge in [-0.05, 0) is 48.7 Å². The Labute approximate surface area is 181 Å². The maximum Gasteiger partial charge on any atom is 0.324 e. The van der Waals surface area contributed by atoms with E-state index < -0.39 is 23.8 Å². The molecule has 1 fully saturated rings. The van der Waals surface area contributed by atoms with Crippen molar-refractivity contribution in [2.24, 2.45) is 0 Å². The van der Waals surface area contributed by atoms with Gasteiger partial charge in [-0.2, -0.15) is 0 Å². The second-order valence-electron chi connectivity index (χ2n) is 6.80. The first-order chi connectivity index (χ1) is 14.4. The SMILES string of the molecule is COc1ccc(CCN2C(=O)N[C@H](CCC(=O)Nc3ccc(Br)cc3F)C2=O)cc1. The van der Waals surface area contributed by atoms with Crippen LogP contribution in [0.2, 0.25) is 0 Å². The Morgan fingerprint density at radius 3 is 2.63 bits per heavy atom. The number of rotatable bonds is 8. The Bertz CT molecular complexity index is 952. The van der Waals surface area contributed by atoms with Crippen LogP contribution < -0.4 is 15.4 Å². The molecule has 2 N–H and O–H groups in total. The number of urea groups is 1. The number of nitrogens with zero attached hydrogens (tertiary/aromatic N) is 1. The summed E-state index contributed by atoms with van der Waals surface area (Å²) >= 11 is 3.15. The molecule has 0 bridgehead atoms. The molecule has 9 heteroatoms. The van der Waals surface area contributed by atoms with E-state index in [1.54, 1.807) is 13.2 Å². The summed E-state index contributed by atoms with van der Waals surface area (Å²) in [6, 6.07) is 10.4. The summed E-state index contributed by atoms with van der Waals surface area (Å²) < 4.78 is 19.5. The van der Waals surface area contributed by atoms with Gasteiger partial charge in [-0.25, -0.2) is 9.18 Å². The largest absolute Gasteiger partial charge is 0.497 e. The lowest BCUT2D eigenvalue weighted by atomic mass is 10.1. The van der Waals surface area contributed by atoms with Crippen molar-refractivity contribution in [1.82, 2.24) is 10.2 Å². The molecule has 1 aliphatic rings. The molecule has 0 aliphatic carbocycles. The molecule has 3 rings (SSSR count). The Kier molecular flexibility index (Phi) is 7.04. The fourth-order valence-corrected chi connectivity index (χ4v) is 3.43. The van der Waals surface area contributed by atoms with Crippen molar-refractivity contribution in [3.63, 3.8) is 0 Å². The summed E-state index contributed by atoms with van der Waals surface area (Å²) in [5.41, 5.74) is 1.03. The number of anilines is 1. The van der Waals surface area contributed by atoms with Crippen LogP contribution in [-0.2, 0) is 16.0 Å². The van der Waals surface area contributed by atoms with Gasteiger partial charge in [0, 0.05) is 17.4 Å². The molecule has 0 spiro atoms. The van der Waals surface area contributed by atoms with Gasteiger partial charge in [0.1, 0.15) is 17.6 Å². The number of hydrogen-bond donors (Lipinski definition) is 2. The highest BCUT2D eigenvalue weighted by Crippen LogP contribution is 2.20. The predicted octanol–water partition coefficient (Wildman–Crippen LogP) is 3.48. The number of hydrogen-bond acceptors (Lipinski definition) is 4. The van der Waals surface area contributed by atoms with Gasteiger partial charge in [0.2, 0.25) is 5.91 Å². The fraction of sp³-hybridized carbons (Fsp3) is 0.286. The smallest absolute Gasteiger partial charge is 0.324 e.